The first-order chi connectivity index (χ1) is 9.56. The van der Waals surface area contributed by atoms with E-state index in [1.807, 2.05) is 24.7 Å². The smallest absolute Gasteiger partial charge is 0.205 e. The zero-order valence-corrected chi connectivity index (χ0v) is 13.5. The molecule has 0 atom stereocenters. The van der Waals surface area contributed by atoms with Gasteiger partial charge in [-0.15, -0.1) is 0 Å². The minimum Gasteiger partial charge on any atom is -0.378 e. The molecule has 0 saturated heterocycles. The fourth-order valence-corrected chi connectivity index (χ4v) is 2.72. The summed E-state index contributed by atoms with van der Waals surface area (Å²) in [5.41, 5.74) is 10.2. The molecule has 0 fully saturated rings. The van der Waals surface area contributed by atoms with Crippen LogP contribution in [0.2, 0.25) is 0 Å². The Balaban J connectivity index is 2.16. The highest BCUT2D eigenvalue weighted by Gasteiger charge is 2.10. The van der Waals surface area contributed by atoms with Gasteiger partial charge in [0, 0.05) is 29.0 Å². The molecule has 4 nitrogen and oxygen atoms in total. The van der Waals surface area contributed by atoms with Crippen molar-refractivity contribution >= 4 is 45.3 Å². The molecule has 2 aromatic carbocycles. The van der Waals surface area contributed by atoms with Crippen LogP contribution in [0, 0.1) is 3.57 Å². The summed E-state index contributed by atoms with van der Waals surface area (Å²) in [5.74, 6) is 0.514. The number of imidazole rings is 1. The summed E-state index contributed by atoms with van der Waals surface area (Å²) in [6, 6.07) is 14.4. The van der Waals surface area contributed by atoms with E-state index in [4.69, 9.17) is 5.73 Å². The van der Waals surface area contributed by atoms with Gasteiger partial charge in [0.2, 0.25) is 5.95 Å². The number of nitrogens with zero attached hydrogens (tertiary/aromatic N) is 3. The van der Waals surface area contributed by atoms with Gasteiger partial charge in [-0.2, -0.15) is 0 Å². The largest absolute Gasteiger partial charge is 0.378 e. The van der Waals surface area contributed by atoms with Crippen LogP contribution >= 0.6 is 22.6 Å². The number of benzene rings is 2. The minimum absolute atomic E-state index is 0.514. The maximum atomic E-state index is 6.07. The first-order valence-electron chi connectivity index (χ1n) is 6.27. The summed E-state index contributed by atoms with van der Waals surface area (Å²) >= 11 is 2.28. The molecule has 0 radical (unpaired) electrons. The molecule has 0 aliphatic carbocycles. The normalized spacial score (nSPS) is 10.9. The van der Waals surface area contributed by atoms with Crippen LogP contribution in [0.5, 0.6) is 0 Å². The zero-order chi connectivity index (χ0) is 14.3. The van der Waals surface area contributed by atoms with Crippen LogP contribution in [0.4, 0.5) is 11.6 Å². The highest BCUT2D eigenvalue weighted by Crippen LogP contribution is 2.25. The van der Waals surface area contributed by atoms with Gasteiger partial charge in [0.15, 0.2) is 0 Å². The summed E-state index contributed by atoms with van der Waals surface area (Å²) in [4.78, 5) is 6.50. The molecule has 0 aliphatic heterocycles. The molecule has 1 aromatic heterocycles. The van der Waals surface area contributed by atoms with Gasteiger partial charge in [-0.25, -0.2) is 4.98 Å². The Kier molecular flexibility index (Phi) is 3.29. The third-order valence-corrected chi connectivity index (χ3v) is 3.94. The molecule has 0 saturated carbocycles. The average molecular weight is 378 g/mol. The molecule has 0 unspecified atom stereocenters. The van der Waals surface area contributed by atoms with Gasteiger partial charge in [0.1, 0.15) is 0 Å². The monoisotopic (exact) mass is 378 g/mol. The number of nitrogens with two attached hydrogens (primary N) is 1. The van der Waals surface area contributed by atoms with Gasteiger partial charge in [-0.05, 0) is 65.1 Å². The predicted octanol–water partition coefficient (Wildman–Crippen LogP) is 3.28. The van der Waals surface area contributed by atoms with E-state index < -0.39 is 0 Å². The highest BCUT2D eigenvalue weighted by molar-refractivity contribution is 14.1. The van der Waals surface area contributed by atoms with E-state index in [0.29, 0.717) is 5.95 Å². The van der Waals surface area contributed by atoms with Gasteiger partial charge in [0.05, 0.1) is 11.0 Å². The van der Waals surface area contributed by atoms with E-state index in [1.165, 1.54) is 0 Å². The van der Waals surface area contributed by atoms with Crippen molar-refractivity contribution in [2.45, 2.75) is 0 Å². The summed E-state index contributed by atoms with van der Waals surface area (Å²) < 4.78 is 3.13. The van der Waals surface area contributed by atoms with E-state index in [0.717, 1.165) is 26.0 Å². The Morgan fingerprint density at radius 1 is 1.10 bits per heavy atom. The number of fused-ring (bicyclic) bond motifs is 1. The quantitative estimate of drug-likeness (QED) is 0.697. The fourth-order valence-electron chi connectivity index (χ4n) is 2.24. The molecular formula is C15H15IN4. The summed E-state index contributed by atoms with van der Waals surface area (Å²) in [5, 5.41) is 0. The second-order valence-electron chi connectivity index (χ2n) is 4.85. The lowest BCUT2D eigenvalue weighted by Gasteiger charge is -2.13. The molecule has 102 valence electrons. The molecule has 0 amide bonds. The minimum atomic E-state index is 0.514. The second kappa shape index (κ2) is 4.97. The lowest BCUT2D eigenvalue weighted by molar-refractivity contribution is 1.09. The first kappa shape index (κ1) is 13.2. The van der Waals surface area contributed by atoms with Gasteiger partial charge in [-0.1, -0.05) is 0 Å². The third-order valence-electron chi connectivity index (χ3n) is 3.27. The van der Waals surface area contributed by atoms with Gasteiger partial charge in [-0.3, -0.25) is 4.57 Å². The number of rotatable bonds is 2. The van der Waals surface area contributed by atoms with E-state index in [9.17, 15) is 0 Å². The SMILES string of the molecule is CN(C)c1ccc(-n2c(N)nc3cc(I)ccc32)cc1. The summed E-state index contributed by atoms with van der Waals surface area (Å²) in [7, 11) is 4.05. The molecule has 0 spiro atoms. The maximum Gasteiger partial charge on any atom is 0.205 e. The molecular weight excluding hydrogens is 363 g/mol. The van der Waals surface area contributed by atoms with Gasteiger partial charge < -0.3 is 10.6 Å². The van der Waals surface area contributed by atoms with Crippen molar-refractivity contribution in [1.82, 2.24) is 9.55 Å². The third kappa shape index (κ3) is 2.22. The van der Waals surface area contributed by atoms with Crippen LogP contribution < -0.4 is 10.6 Å². The lowest BCUT2D eigenvalue weighted by Crippen LogP contribution is -2.08. The Morgan fingerprint density at radius 2 is 1.80 bits per heavy atom. The number of anilines is 2. The van der Waals surface area contributed by atoms with Crippen LogP contribution in [0.15, 0.2) is 42.5 Å². The summed E-state index contributed by atoms with van der Waals surface area (Å²) in [6.45, 7) is 0. The standard InChI is InChI=1S/C15H15IN4/c1-19(2)11-4-6-12(7-5-11)20-14-8-3-10(16)9-13(14)18-15(20)17/h3-9H,1-2H3,(H2,17,18). The van der Waals surface area contributed by atoms with Crippen LogP contribution in [0.1, 0.15) is 0 Å². The fraction of sp³-hybridized carbons (Fsp3) is 0.133. The number of hydrogen-bond donors (Lipinski definition) is 1. The Morgan fingerprint density at radius 3 is 2.45 bits per heavy atom. The van der Waals surface area contributed by atoms with Crippen molar-refractivity contribution in [2.75, 3.05) is 24.7 Å². The van der Waals surface area contributed by atoms with Gasteiger partial charge in [0.25, 0.3) is 0 Å². The first-order valence-corrected chi connectivity index (χ1v) is 7.35. The van der Waals surface area contributed by atoms with Gasteiger partial charge >= 0.3 is 0 Å². The number of nitrogen functional groups attached to an aromatic ring is 1. The second-order valence-corrected chi connectivity index (χ2v) is 6.09. The van der Waals surface area contributed by atoms with Crippen LogP contribution in [0.3, 0.4) is 0 Å². The van der Waals surface area contributed by atoms with Crippen molar-refractivity contribution < 1.29 is 0 Å². The van der Waals surface area contributed by atoms with Crippen LogP contribution in [0.25, 0.3) is 16.7 Å². The highest BCUT2D eigenvalue weighted by atomic mass is 127. The Bertz CT molecular complexity index is 759. The molecule has 5 heteroatoms. The molecule has 3 rings (SSSR count). The van der Waals surface area contributed by atoms with E-state index >= 15 is 0 Å². The Labute approximate surface area is 131 Å². The maximum absolute atomic E-state index is 6.07. The topological polar surface area (TPSA) is 47.1 Å². The molecule has 0 aliphatic rings. The van der Waals surface area contributed by atoms with Crippen molar-refractivity contribution in [2.24, 2.45) is 0 Å². The zero-order valence-electron chi connectivity index (χ0n) is 11.3. The predicted molar refractivity (Wildman–Crippen MR) is 92.5 cm³/mol. The molecule has 3 aromatic rings. The lowest BCUT2D eigenvalue weighted by atomic mass is 10.2. The summed E-state index contributed by atoms with van der Waals surface area (Å²) in [6.07, 6.45) is 0. The van der Waals surface area contributed by atoms with E-state index in [2.05, 4.69) is 68.9 Å². The van der Waals surface area contributed by atoms with Crippen LogP contribution in [-0.2, 0) is 0 Å². The molecule has 0 bridgehead atoms. The van der Waals surface area contributed by atoms with Crippen molar-refractivity contribution in [3.05, 3.63) is 46.0 Å². The van der Waals surface area contributed by atoms with Crippen molar-refractivity contribution in [3.63, 3.8) is 0 Å². The van der Waals surface area contributed by atoms with Crippen molar-refractivity contribution in [3.8, 4) is 5.69 Å². The van der Waals surface area contributed by atoms with Crippen LogP contribution in [-0.4, -0.2) is 23.6 Å². The Hall–Kier alpha value is -1.76. The molecule has 1 heterocycles. The number of aromatic nitrogens is 2. The number of halogens is 1. The molecule has 20 heavy (non-hydrogen) atoms. The number of hydrogen-bond acceptors (Lipinski definition) is 3. The van der Waals surface area contributed by atoms with E-state index in [1.54, 1.807) is 0 Å². The average Bonchev–Trinajstić information content (AvgIpc) is 2.73. The van der Waals surface area contributed by atoms with Crippen molar-refractivity contribution in [1.29, 1.82) is 0 Å². The molecule has 2 N–H and O–H groups in total. The van der Waals surface area contributed by atoms with E-state index in [-0.39, 0.29) is 0 Å².